The Morgan fingerprint density at radius 2 is 2.05 bits per heavy atom. The number of aryl methyl sites for hydroxylation is 1. The molecule has 1 saturated carbocycles. The Morgan fingerprint density at radius 3 is 2.68 bits per heavy atom. The van der Waals surface area contributed by atoms with E-state index >= 15 is 0 Å². The van der Waals surface area contributed by atoms with Gasteiger partial charge in [-0.15, -0.1) is 0 Å². The number of hydrogen-bond acceptors (Lipinski definition) is 3. The SMILES string of the molecule is C[C@]1(C(=O)O)CCC[C@]2(C)c3cc(O)c(C=O)cc3CC[C@@H]12. The average Bonchev–Trinajstić information content (AvgIpc) is 2.47. The zero-order chi connectivity index (χ0) is 16.1. The molecule has 0 aromatic heterocycles. The Hall–Kier alpha value is -1.84. The van der Waals surface area contributed by atoms with Crippen LogP contribution in [-0.2, 0) is 16.6 Å². The van der Waals surface area contributed by atoms with E-state index in [1.165, 1.54) is 0 Å². The van der Waals surface area contributed by atoms with E-state index in [2.05, 4.69) is 6.92 Å². The number of carboxylic acid groups (broad SMARTS) is 1. The van der Waals surface area contributed by atoms with Crippen molar-refractivity contribution in [1.82, 2.24) is 0 Å². The van der Waals surface area contributed by atoms with Gasteiger partial charge in [0.25, 0.3) is 0 Å². The molecule has 3 atom stereocenters. The summed E-state index contributed by atoms with van der Waals surface area (Å²) < 4.78 is 0. The molecule has 1 aromatic rings. The molecule has 0 amide bonds. The highest BCUT2D eigenvalue weighted by atomic mass is 16.4. The van der Waals surface area contributed by atoms with Gasteiger partial charge >= 0.3 is 5.97 Å². The number of carbonyl (C=O) groups is 2. The maximum atomic E-state index is 11.9. The Morgan fingerprint density at radius 1 is 1.32 bits per heavy atom. The molecule has 0 saturated heterocycles. The first-order valence-corrected chi connectivity index (χ1v) is 7.88. The molecule has 1 fully saturated rings. The first kappa shape index (κ1) is 15.1. The molecular formula is C18H22O4. The number of rotatable bonds is 2. The van der Waals surface area contributed by atoms with Gasteiger partial charge in [0, 0.05) is 0 Å². The van der Waals surface area contributed by atoms with E-state index in [4.69, 9.17) is 0 Å². The number of phenolic OH excluding ortho intramolecular Hbond substituents is 1. The topological polar surface area (TPSA) is 74.6 Å². The lowest BCUT2D eigenvalue weighted by Crippen LogP contribution is -2.52. The third kappa shape index (κ3) is 1.89. The molecule has 4 heteroatoms. The lowest BCUT2D eigenvalue weighted by molar-refractivity contribution is -0.157. The Bertz CT molecular complexity index is 651. The summed E-state index contributed by atoms with van der Waals surface area (Å²) in [5.74, 6) is -0.668. The number of aliphatic carboxylic acids is 1. The molecule has 2 aliphatic carbocycles. The van der Waals surface area contributed by atoms with Crippen molar-refractivity contribution >= 4 is 12.3 Å². The van der Waals surface area contributed by atoms with Crippen molar-refractivity contribution in [3.8, 4) is 5.75 Å². The third-order valence-corrected chi connectivity index (χ3v) is 6.12. The molecule has 0 unspecified atom stereocenters. The van der Waals surface area contributed by atoms with Crippen LogP contribution in [0.2, 0.25) is 0 Å². The standard InChI is InChI=1S/C18H22O4/c1-17-6-3-7-18(2,16(21)22)15(17)5-4-11-8-12(10-19)14(20)9-13(11)17/h8-10,15,20H,3-7H2,1-2H3,(H,21,22)/t15-,17-,18+/m1/s1. The minimum absolute atomic E-state index is 0.00164. The highest BCUT2D eigenvalue weighted by Crippen LogP contribution is 2.57. The number of carbonyl (C=O) groups excluding carboxylic acids is 1. The summed E-state index contributed by atoms with van der Waals surface area (Å²) in [6.07, 6.45) is 4.75. The summed E-state index contributed by atoms with van der Waals surface area (Å²) >= 11 is 0. The van der Waals surface area contributed by atoms with Crippen molar-refractivity contribution < 1.29 is 19.8 Å². The van der Waals surface area contributed by atoms with Crippen molar-refractivity contribution in [1.29, 1.82) is 0 Å². The molecular weight excluding hydrogens is 280 g/mol. The van der Waals surface area contributed by atoms with Crippen LogP contribution in [-0.4, -0.2) is 22.5 Å². The van der Waals surface area contributed by atoms with Crippen molar-refractivity contribution in [3.05, 3.63) is 28.8 Å². The molecule has 2 aliphatic rings. The van der Waals surface area contributed by atoms with Crippen LogP contribution in [0.1, 0.15) is 61.0 Å². The fourth-order valence-electron chi connectivity index (χ4n) is 4.87. The summed E-state index contributed by atoms with van der Waals surface area (Å²) in [6.45, 7) is 3.98. The molecule has 0 heterocycles. The van der Waals surface area contributed by atoms with Crippen LogP contribution >= 0.6 is 0 Å². The molecule has 1 aromatic carbocycles. The van der Waals surface area contributed by atoms with E-state index in [9.17, 15) is 19.8 Å². The number of aromatic hydroxyl groups is 1. The van der Waals surface area contributed by atoms with Crippen LogP contribution in [0.25, 0.3) is 0 Å². The first-order valence-electron chi connectivity index (χ1n) is 7.88. The third-order valence-electron chi connectivity index (χ3n) is 6.12. The first-order chi connectivity index (χ1) is 10.3. The summed E-state index contributed by atoms with van der Waals surface area (Å²) in [5.41, 5.74) is 1.45. The van der Waals surface area contributed by atoms with Gasteiger partial charge in [-0.25, -0.2) is 0 Å². The van der Waals surface area contributed by atoms with Crippen LogP contribution in [0.5, 0.6) is 5.75 Å². The Kier molecular flexibility index (Phi) is 3.31. The number of aldehydes is 1. The molecule has 2 N–H and O–H groups in total. The lowest BCUT2D eigenvalue weighted by atomic mass is 9.50. The van der Waals surface area contributed by atoms with E-state index in [0.717, 1.165) is 36.8 Å². The molecule has 0 radical (unpaired) electrons. The van der Waals surface area contributed by atoms with E-state index in [1.54, 1.807) is 12.1 Å². The van der Waals surface area contributed by atoms with Crippen molar-refractivity contribution in [2.24, 2.45) is 11.3 Å². The predicted octanol–water partition coefficient (Wildman–Crippen LogP) is 3.30. The number of benzene rings is 1. The fourth-order valence-corrected chi connectivity index (χ4v) is 4.87. The van der Waals surface area contributed by atoms with Crippen LogP contribution < -0.4 is 0 Å². The second-order valence-corrected chi connectivity index (χ2v) is 7.27. The maximum absolute atomic E-state index is 11.9. The van der Waals surface area contributed by atoms with Crippen LogP contribution in [0.3, 0.4) is 0 Å². The summed E-state index contributed by atoms with van der Waals surface area (Å²) in [5, 5.41) is 19.8. The molecule has 3 rings (SSSR count). The number of carboxylic acids is 1. The largest absolute Gasteiger partial charge is 0.507 e. The minimum atomic E-state index is -0.722. The van der Waals surface area contributed by atoms with E-state index in [-0.39, 0.29) is 17.1 Å². The fraction of sp³-hybridized carbons (Fsp3) is 0.556. The minimum Gasteiger partial charge on any atom is -0.507 e. The quantitative estimate of drug-likeness (QED) is 0.822. The van der Waals surface area contributed by atoms with Crippen LogP contribution in [0, 0.1) is 11.3 Å². The van der Waals surface area contributed by atoms with Gasteiger partial charge in [-0.05, 0) is 67.2 Å². The van der Waals surface area contributed by atoms with Gasteiger partial charge in [-0.3, -0.25) is 9.59 Å². The van der Waals surface area contributed by atoms with Crippen molar-refractivity contribution in [2.75, 3.05) is 0 Å². The van der Waals surface area contributed by atoms with E-state index < -0.39 is 11.4 Å². The van der Waals surface area contributed by atoms with Gasteiger partial charge in [0.2, 0.25) is 0 Å². The average molecular weight is 302 g/mol. The smallest absolute Gasteiger partial charge is 0.309 e. The number of phenols is 1. The summed E-state index contributed by atoms with van der Waals surface area (Å²) in [7, 11) is 0. The van der Waals surface area contributed by atoms with Gasteiger partial charge in [0.05, 0.1) is 11.0 Å². The molecule has 0 bridgehead atoms. The van der Waals surface area contributed by atoms with Gasteiger partial charge in [0.15, 0.2) is 6.29 Å². The van der Waals surface area contributed by atoms with Gasteiger partial charge in [-0.1, -0.05) is 13.3 Å². The van der Waals surface area contributed by atoms with Crippen molar-refractivity contribution in [2.45, 2.75) is 51.4 Å². The van der Waals surface area contributed by atoms with Gasteiger partial charge < -0.3 is 10.2 Å². The van der Waals surface area contributed by atoms with E-state index in [1.807, 2.05) is 6.92 Å². The zero-order valence-corrected chi connectivity index (χ0v) is 13.1. The van der Waals surface area contributed by atoms with Gasteiger partial charge in [0.1, 0.15) is 5.75 Å². The van der Waals surface area contributed by atoms with E-state index in [0.29, 0.717) is 18.3 Å². The normalized spacial score (nSPS) is 33.6. The monoisotopic (exact) mass is 302 g/mol. The molecule has 118 valence electrons. The highest BCUT2D eigenvalue weighted by Gasteiger charge is 2.55. The Balaban J connectivity index is 2.15. The number of hydrogen-bond donors (Lipinski definition) is 2. The molecule has 4 nitrogen and oxygen atoms in total. The second kappa shape index (κ2) is 4.83. The zero-order valence-electron chi connectivity index (χ0n) is 13.1. The van der Waals surface area contributed by atoms with Crippen LogP contribution in [0.15, 0.2) is 12.1 Å². The van der Waals surface area contributed by atoms with Gasteiger partial charge in [-0.2, -0.15) is 0 Å². The highest BCUT2D eigenvalue weighted by molar-refractivity contribution is 5.80. The predicted molar refractivity (Wildman–Crippen MR) is 82.3 cm³/mol. The number of fused-ring (bicyclic) bond motifs is 3. The Labute approximate surface area is 130 Å². The summed E-state index contributed by atoms with van der Waals surface area (Å²) in [6, 6.07) is 3.46. The maximum Gasteiger partial charge on any atom is 0.309 e. The second-order valence-electron chi connectivity index (χ2n) is 7.27. The molecule has 0 aliphatic heterocycles. The lowest BCUT2D eigenvalue weighted by Gasteiger charge is -2.53. The summed E-state index contributed by atoms with van der Waals surface area (Å²) in [4.78, 5) is 22.9. The molecule has 22 heavy (non-hydrogen) atoms. The van der Waals surface area contributed by atoms with Crippen LogP contribution in [0.4, 0.5) is 0 Å². The van der Waals surface area contributed by atoms with Crippen molar-refractivity contribution in [3.63, 3.8) is 0 Å². The molecule has 0 spiro atoms.